The van der Waals surface area contributed by atoms with Crippen LogP contribution in [0.4, 0.5) is 11.4 Å². The summed E-state index contributed by atoms with van der Waals surface area (Å²) in [5, 5.41) is 19.6. The van der Waals surface area contributed by atoms with E-state index in [9.17, 15) is 18.5 Å². The van der Waals surface area contributed by atoms with Crippen molar-refractivity contribution in [2.45, 2.75) is 4.90 Å². The number of aromatic amines is 1. The highest BCUT2D eigenvalue weighted by Crippen LogP contribution is 2.17. The number of anilines is 2. The molecule has 3 aromatic rings. The fraction of sp³-hybridized carbons (Fsp3) is 0. The molecule has 27 heavy (non-hydrogen) atoms. The first-order chi connectivity index (χ1) is 12.9. The molecular weight excluding hydrogens is 368 g/mol. The van der Waals surface area contributed by atoms with E-state index in [2.05, 4.69) is 20.6 Å². The van der Waals surface area contributed by atoms with Gasteiger partial charge in [0, 0.05) is 17.6 Å². The summed E-state index contributed by atoms with van der Waals surface area (Å²) >= 11 is 0. The number of aromatic nitrogens is 2. The number of benzene rings is 2. The first kappa shape index (κ1) is 18.1. The maximum Gasteiger partial charge on any atom is 0.267 e. The van der Waals surface area contributed by atoms with E-state index in [0.29, 0.717) is 11.4 Å². The lowest BCUT2D eigenvalue weighted by Crippen LogP contribution is -2.15. The van der Waals surface area contributed by atoms with Crippen LogP contribution < -0.4 is 15.8 Å². The number of H-pyrrole nitrogens is 1. The Hall–Kier alpha value is -3.68. The summed E-state index contributed by atoms with van der Waals surface area (Å²) in [6, 6.07) is 12.4. The van der Waals surface area contributed by atoms with E-state index >= 15 is 0 Å². The highest BCUT2D eigenvalue weighted by Gasteiger charge is 2.11. The molecule has 0 radical (unpaired) electrons. The number of imidazole rings is 1. The highest BCUT2D eigenvalue weighted by atomic mass is 32.2. The van der Waals surface area contributed by atoms with E-state index in [1.54, 1.807) is 24.5 Å². The van der Waals surface area contributed by atoms with Gasteiger partial charge in [0.2, 0.25) is 10.0 Å². The van der Waals surface area contributed by atoms with Gasteiger partial charge in [-0.3, -0.25) is 4.79 Å². The van der Waals surface area contributed by atoms with Gasteiger partial charge >= 0.3 is 0 Å². The predicted octanol–water partition coefficient (Wildman–Crippen LogP) is 1.67. The van der Waals surface area contributed by atoms with Gasteiger partial charge in [-0.1, -0.05) is 0 Å². The fourth-order valence-electron chi connectivity index (χ4n) is 2.26. The molecule has 9 nitrogen and oxygen atoms in total. The zero-order chi connectivity index (χ0) is 19.4. The summed E-state index contributed by atoms with van der Waals surface area (Å²) < 4.78 is 22.5. The number of hydrogen-bond acceptors (Lipinski definition) is 6. The second-order valence-electron chi connectivity index (χ2n) is 5.47. The Morgan fingerprint density at radius 3 is 2.56 bits per heavy atom. The number of primary sulfonamides is 1. The van der Waals surface area contributed by atoms with Crippen LogP contribution in [0.5, 0.6) is 0 Å². The molecule has 2 aromatic carbocycles. The van der Waals surface area contributed by atoms with Crippen molar-refractivity contribution in [1.82, 2.24) is 9.97 Å². The van der Waals surface area contributed by atoms with E-state index in [1.807, 2.05) is 6.07 Å². The first-order valence-electron chi connectivity index (χ1n) is 7.61. The number of nitrogens with zero attached hydrogens (tertiary/aromatic N) is 2. The molecule has 0 unspecified atom stereocenters. The quantitative estimate of drug-likeness (QED) is 0.389. The van der Waals surface area contributed by atoms with Crippen molar-refractivity contribution >= 4 is 38.3 Å². The molecule has 1 heterocycles. The van der Waals surface area contributed by atoms with Gasteiger partial charge in [-0.15, -0.1) is 0 Å². The SMILES string of the molecule is N#C/C(=C/Nc1ccc2nc[nH]c2c1)C(=O)Nc1ccc(S(N)(=O)=O)cc1. The van der Waals surface area contributed by atoms with Crippen molar-refractivity contribution in [2.75, 3.05) is 10.6 Å². The number of rotatable bonds is 5. The van der Waals surface area contributed by atoms with Crippen LogP contribution in [0.3, 0.4) is 0 Å². The molecular formula is C17H14N6O3S. The van der Waals surface area contributed by atoms with Crippen LogP contribution in [0, 0.1) is 11.3 Å². The Morgan fingerprint density at radius 2 is 1.89 bits per heavy atom. The van der Waals surface area contributed by atoms with E-state index in [4.69, 9.17) is 5.14 Å². The number of nitriles is 1. The Morgan fingerprint density at radius 1 is 1.19 bits per heavy atom. The molecule has 0 aliphatic carbocycles. The molecule has 136 valence electrons. The zero-order valence-electron chi connectivity index (χ0n) is 13.8. The van der Waals surface area contributed by atoms with Crippen molar-refractivity contribution in [3.05, 3.63) is 60.6 Å². The number of carbonyl (C=O) groups excluding carboxylic acids is 1. The fourth-order valence-corrected chi connectivity index (χ4v) is 2.77. The van der Waals surface area contributed by atoms with Crippen LogP contribution >= 0.6 is 0 Å². The van der Waals surface area contributed by atoms with Crippen LogP contribution in [0.15, 0.2) is 65.5 Å². The maximum absolute atomic E-state index is 12.2. The van der Waals surface area contributed by atoms with Crippen LogP contribution in [-0.4, -0.2) is 24.3 Å². The molecule has 5 N–H and O–H groups in total. The average molecular weight is 382 g/mol. The third-order valence-corrected chi connectivity index (χ3v) is 4.54. The van der Waals surface area contributed by atoms with Crippen molar-refractivity contribution < 1.29 is 13.2 Å². The molecule has 0 saturated heterocycles. The summed E-state index contributed by atoms with van der Waals surface area (Å²) in [7, 11) is -3.81. The third kappa shape index (κ3) is 4.30. The molecule has 3 rings (SSSR count). The van der Waals surface area contributed by atoms with Gasteiger partial charge in [-0.2, -0.15) is 5.26 Å². The lowest BCUT2D eigenvalue weighted by Gasteiger charge is -2.06. The van der Waals surface area contributed by atoms with E-state index in [1.165, 1.54) is 30.5 Å². The van der Waals surface area contributed by atoms with Crippen molar-refractivity contribution in [3.63, 3.8) is 0 Å². The monoisotopic (exact) mass is 382 g/mol. The largest absolute Gasteiger partial charge is 0.360 e. The highest BCUT2D eigenvalue weighted by molar-refractivity contribution is 7.89. The Labute approximate surface area is 154 Å². The molecule has 0 aliphatic rings. The summed E-state index contributed by atoms with van der Waals surface area (Å²) in [5.74, 6) is -0.643. The zero-order valence-corrected chi connectivity index (χ0v) is 14.6. The molecule has 0 aliphatic heterocycles. The Balaban J connectivity index is 1.71. The number of carbonyl (C=O) groups is 1. The molecule has 0 spiro atoms. The van der Waals surface area contributed by atoms with Gasteiger partial charge in [-0.05, 0) is 42.5 Å². The second-order valence-corrected chi connectivity index (χ2v) is 7.03. The summed E-state index contributed by atoms with van der Waals surface area (Å²) in [4.78, 5) is 19.2. The average Bonchev–Trinajstić information content (AvgIpc) is 3.09. The Bertz CT molecular complexity index is 1170. The maximum atomic E-state index is 12.2. The normalized spacial score (nSPS) is 11.8. The number of sulfonamides is 1. The second kappa shape index (κ2) is 7.28. The molecule has 1 amide bonds. The lowest BCUT2D eigenvalue weighted by molar-refractivity contribution is -0.112. The van der Waals surface area contributed by atoms with Gasteiger partial charge < -0.3 is 15.6 Å². The van der Waals surface area contributed by atoms with E-state index < -0.39 is 15.9 Å². The summed E-state index contributed by atoms with van der Waals surface area (Å²) in [5.41, 5.74) is 2.45. The van der Waals surface area contributed by atoms with Crippen molar-refractivity contribution in [3.8, 4) is 6.07 Å². The predicted molar refractivity (Wildman–Crippen MR) is 99.9 cm³/mol. The van der Waals surface area contributed by atoms with Gasteiger partial charge in [-0.25, -0.2) is 18.5 Å². The number of nitrogens with two attached hydrogens (primary N) is 1. The molecule has 0 saturated carbocycles. The van der Waals surface area contributed by atoms with Crippen molar-refractivity contribution in [1.29, 1.82) is 5.26 Å². The lowest BCUT2D eigenvalue weighted by atomic mass is 10.2. The third-order valence-electron chi connectivity index (χ3n) is 3.61. The number of nitrogens with one attached hydrogen (secondary N) is 3. The van der Waals surface area contributed by atoms with E-state index in [-0.39, 0.29) is 10.5 Å². The summed E-state index contributed by atoms with van der Waals surface area (Å²) in [6.45, 7) is 0. The van der Waals surface area contributed by atoms with Crippen LogP contribution in [0.1, 0.15) is 0 Å². The topological polar surface area (TPSA) is 154 Å². The smallest absolute Gasteiger partial charge is 0.267 e. The van der Waals surface area contributed by atoms with E-state index in [0.717, 1.165) is 11.0 Å². The first-order valence-corrected chi connectivity index (χ1v) is 9.15. The molecule has 0 fully saturated rings. The summed E-state index contributed by atoms with van der Waals surface area (Å²) in [6.07, 6.45) is 2.85. The molecule has 0 bridgehead atoms. The van der Waals surface area contributed by atoms with Crippen LogP contribution in [0.2, 0.25) is 0 Å². The molecule has 10 heteroatoms. The van der Waals surface area contributed by atoms with Crippen LogP contribution in [-0.2, 0) is 14.8 Å². The number of fused-ring (bicyclic) bond motifs is 1. The van der Waals surface area contributed by atoms with Crippen molar-refractivity contribution in [2.24, 2.45) is 5.14 Å². The van der Waals surface area contributed by atoms with Gasteiger partial charge in [0.15, 0.2) is 0 Å². The van der Waals surface area contributed by atoms with Gasteiger partial charge in [0.05, 0.1) is 22.3 Å². The minimum atomic E-state index is -3.81. The number of hydrogen-bond donors (Lipinski definition) is 4. The standard InChI is InChI=1S/C17H14N6O3S/c18-8-11(9-20-13-3-6-15-16(7-13)22-10-21-15)17(24)23-12-1-4-14(5-2-12)27(19,25)26/h1-7,9-10,20H,(H,21,22)(H,23,24)(H2,19,25,26)/b11-9-. The Kier molecular flexibility index (Phi) is 4.89. The molecule has 0 atom stereocenters. The van der Waals surface area contributed by atoms with Crippen LogP contribution in [0.25, 0.3) is 11.0 Å². The number of amides is 1. The minimum absolute atomic E-state index is 0.0765. The minimum Gasteiger partial charge on any atom is -0.360 e. The molecule has 1 aromatic heterocycles. The van der Waals surface area contributed by atoms with Gasteiger partial charge in [0.25, 0.3) is 5.91 Å². The van der Waals surface area contributed by atoms with Gasteiger partial charge in [0.1, 0.15) is 11.6 Å².